The van der Waals surface area contributed by atoms with Gasteiger partial charge in [-0.3, -0.25) is 14.0 Å². The summed E-state index contributed by atoms with van der Waals surface area (Å²) in [4.78, 5) is 15.9. The lowest BCUT2D eigenvalue weighted by Gasteiger charge is -2.21. The van der Waals surface area contributed by atoms with E-state index < -0.39 is 0 Å². The van der Waals surface area contributed by atoms with Crippen molar-refractivity contribution >= 4 is 23.2 Å². The lowest BCUT2D eigenvalue weighted by molar-refractivity contribution is 0.328. The van der Waals surface area contributed by atoms with Gasteiger partial charge in [0.15, 0.2) is 5.15 Å². The second-order valence-electron chi connectivity index (χ2n) is 5.36. The third kappa shape index (κ3) is 3.14. The Hall–Kier alpha value is -1.33. The van der Waals surface area contributed by atoms with Crippen LogP contribution in [-0.2, 0) is 6.54 Å². The Kier molecular flexibility index (Phi) is 4.31. The zero-order valence-corrected chi connectivity index (χ0v) is 13.0. The Morgan fingerprint density at radius 3 is 2.76 bits per heavy atom. The van der Waals surface area contributed by atoms with E-state index in [1.807, 2.05) is 16.9 Å². The van der Waals surface area contributed by atoms with Crippen LogP contribution in [0.25, 0.3) is 0 Å². The molecule has 0 atom stereocenters. The number of hydrogen-bond acceptors (Lipinski definition) is 3. The predicted molar refractivity (Wildman–Crippen MR) is 82.0 cm³/mol. The van der Waals surface area contributed by atoms with E-state index in [4.69, 9.17) is 23.2 Å². The lowest BCUT2D eigenvalue weighted by Crippen LogP contribution is -2.22. The molecule has 112 valence electrons. The van der Waals surface area contributed by atoms with Crippen molar-refractivity contribution in [1.29, 1.82) is 0 Å². The van der Waals surface area contributed by atoms with E-state index in [9.17, 15) is 4.79 Å². The summed E-state index contributed by atoms with van der Waals surface area (Å²) in [5, 5.41) is 4.56. The molecule has 0 spiro atoms. The Labute approximate surface area is 132 Å². The van der Waals surface area contributed by atoms with Crippen LogP contribution in [0.5, 0.6) is 0 Å². The van der Waals surface area contributed by atoms with Gasteiger partial charge in [0, 0.05) is 6.20 Å². The minimum atomic E-state index is -0.344. The zero-order valence-electron chi connectivity index (χ0n) is 11.5. The van der Waals surface area contributed by atoms with Gasteiger partial charge in [-0.2, -0.15) is 5.10 Å². The molecule has 2 heterocycles. The number of aromatic nitrogens is 4. The molecule has 0 aliphatic heterocycles. The fraction of sp³-hybridized carbons (Fsp3) is 0.500. The zero-order chi connectivity index (χ0) is 14.8. The van der Waals surface area contributed by atoms with Gasteiger partial charge in [0.1, 0.15) is 5.02 Å². The summed E-state index contributed by atoms with van der Waals surface area (Å²) in [6.07, 6.45) is 9.57. The van der Waals surface area contributed by atoms with Crippen molar-refractivity contribution in [3.05, 3.63) is 44.8 Å². The monoisotopic (exact) mass is 326 g/mol. The first kappa shape index (κ1) is 14.6. The molecule has 0 N–H and O–H groups in total. The van der Waals surface area contributed by atoms with Gasteiger partial charge in [0.05, 0.1) is 24.6 Å². The number of nitrogens with zero attached hydrogens (tertiary/aromatic N) is 4. The summed E-state index contributed by atoms with van der Waals surface area (Å²) >= 11 is 11.5. The van der Waals surface area contributed by atoms with Crippen LogP contribution in [-0.4, -0.2) is 19.3 Å². The average Bonchev–Trinajstić information content (AvgIpc) is 2.97. The molecular weight excluding hydrogens is 311 g/mol. The maximum absolute atomic E-state index is 12.0. The van der Waals surface area contributed by atoms with E-state index >= 15 is 0 Å². The molecule has 0 amide bonds. The normalized spacial score (nSPS) is 16.3. The summed E-state index contributed by atoms with van der Waals surface area (Å²) < 4.78 is 3.44. The third-order valence-electron chi connectivity index (χ3n) is 3.88. The Balaban J connectivity index is 1.78. The van der Waals surface area contributed by atoms with E-state index in [0.717, 1.165) is 5.69 Å². The number of hydrogen-bond donors (Lipinski definition) is 0. The van der Waals surface area contributed by atoms with E-state index in [-0.39, 0.29) is 15.7 Å². The van der Waals surface area contributed by atoms with Crippen molar-refractivity contribution in [3.8, 4) is 0 Å². The Bertz CT molecular complexity index is 689. The average molecular weight is 327 g/mol. The highest BCUT2D eigenvalue weighted by Gasteiger charge is 2.16. The second-order valence-corrected chi connectivity index (χ2v) is 6.10. The van der Waals surface area contributed by atoms with Gasteiger partial charge in [-0.05, 0) is 18.9 Å². The lowest BCUT2D eigenvalue weighted by atomic mass is 9.96. The molecule has 0 radical (unpaired) electrons. The van der Waals surface area contributed by atoms with E-state index in [1.165, 1.54) is 43.0 Å². The van der Waals surface area contributed by atoms with Crippen LogP contribution in [0.1, 0.15) is 43.8 Å². The summed E-state index contributed by atoms with van der Waals surface area (Å²) in [6, 6.07) is 2.42. The topological polar surface area (TPSA) is 52.7 Å². The molecule has 0 unspecified atom stereocenters. The summed E-state index contributed by atoms with van der Waals surface area (Å²) in [5.74, 6) is 0. The molecule has 7 heteroatoms. The van der Waals surface area contributed by atoms with Gasteiger partial charge in [-0.25, -0.2) is 4.98 Å². The first-order chi connectivity index (χ1) is 10.1. The van der Waals surface area contributed by atoms with Crippen LogP contribution in [0.2, 0.25) is 10.2 Å². The second kappa shape index (κ2) is 6.20. The fourth-order valence-electron chi connectivity index (χ4n) is 2.74. The van der Waals surface area contributed by atoms with Crippen molar-refractivity contribution in [1.82, 2.24) is 19.3 Å². The summed E-state index contributed by atoms with van der Waals surface area (Å²) in [5.41, 5.74) is 0.478. The van der Waals surface area contributed by atoms with Crippen molar-refractivity contribution in [2.45, 2.75) is 44.7 Å². The van der Waals surface area contributed by atoms with Gasteiger partial charge < -0.3 is 0 Å². The quantitative estimate of drug-likeness (QED) is 0.813. The molecule has 0 saturated heterocycles. The van der Waals surface area contributed by atoms with Crippen LogP contribution in [0, 0.1) is 0 Å². The van der Waals surface area contributed by atoms with Crippen LogP contribution < -0.4 is 5.56 Å². The van der Waals surface area contributed by atoms with Crippen molar-refractivity contribution in [2.24, 2.45) is 0 Å². The molecular formula is C14H16Cl2N4O. The highest BCUT2D eigenvalue weighted by Crippen LogP contribution is 2.27. The maximum atomic E-state index is 12.0. The molecule has 5 nitrogen and oxygen atoms in total. The molecule has 1 aliphatic rings. The van der Waals surface area contributed by atoms with Crippen molar-refractivity contribution < 1.29 is 0 Å². The van der Waals surface area contributed by atoms with Crippen LogP contribution >= 0.6 is 23.2 Å². The van der Waals surface area contributed by atoms with E-state index in [2.05, 4.69) is 10.1 Å². The van der Waals surface area contributed by atoms with E-state index in [0.29, 0.717) is 12.6 Å². The molecule has 0 aromatic carbocycles. The van der Waals surface area contributed by atoms with Crippen LogP contribution in [0.15, 0.2) is 23.4 Å². The molecule has 21 heavy (non-hydrogen) atoms. The SMILES string of the molecule is O=c1c(Cl)c(Cl)ncn1Cc1ccn(C2CCCCC2)n1. The van der Waals surface area contributed by atoms with Gasteiger partial charge in [-0.15, -0.1) is 0 Å². The Morgan fingerprint density at radius 1 is 1.24 bits per heavy atom. The fourth-order valence-corrected chi connectivity index (χ4v) is 3.02. The minimum Gasteiger partial charge on any atom is -0.292 e. The minimum absolute atomic E-state index is 0.0330. The number of rotatable bonds is 3. The number of halogens is 2. The van der Waals surface area contributed by atoms with Gasteiger partial charge in [0.2, 0.25) is 0 Å². The van der Waals surface area contributed by atoms with Crippen LogP contribution in [0.3, 0.4) is 0 Å². The smallest absolute Gasteiger partial charge is 0.274 e. The maximum Gasteiger partial charge on any atom is 0.274 e. The Morgan fingerprint density at radius 2 is 2.00 bits per heavy atom. The molecule has 2 aromatic heterocycles. The third-order valence-corrected chi connectivity index (χ3v) is 4.61. The van der Waals surface area contributed by atoms with Gasteiger partial charge in [0.25, 0.3) is 5.56 Å². The van der Waals surface area contributed by atoms with Crippen molar-refractivity contribution in [3.63, 3.8) is 0 Å². The highest BCUT2D eigenvalue weighted by atomic mass is 35.5. The first-order valence-electron chi connectivity index (χ1n) is 7.09. The summed E-state index contributed by atoms with van der Waals surface area (Å²) in [7, 11) is 0. The molecule has 2 aromatic rings. The van der Waals surface area contributed by atoms with Crippen molar-refractivity contribution in [2.75, 3.05) is 0 Å². The summed E-state index contributed by atoms with van der Waals surface area (Å²) in [6.45, 7) is 0.350. The molecule has 3 rings (SSSR count). The first-order valence-corrected chi connectivity index (χ1v) is 7.85. The molecule has 1 saturated carbocycles. The molecule has 1 aliphatic carbocycles. The molecule has 0 bridgehead atoms. The highest BCUT2D eigenvalue weighted by molar-refractivity contribution is 6.40. The van der Waals surface area contributed by atoms with Gasteiger partial charge >= 0.3 is 0 Å². The largest absolute Gasteiger partial charge is 0.292 e. The molecule has 1 fully saturated rings. The van der Waals surface area contributed by atoms with E-state index in [1.54, 1.807) is 0 Å². The standard InChI is InChI=1S/C14H16Cl2N4O/c15-12-13(16)17-9-19(14(12)21)8-10-6-7-20(18-10)11-4-2-1-3-5-11/h6-7,9,11H,1-5,8H2. The van der Waals surface area contributed by atoms with Gasteiger partial charge in [-0.1, -0.05) is 42.5 Å². The van der Waals surface area contributed by atoms with Crippen LogP contribution in [0.4, 0.5) is 0 Å². The predicted octanol–water partition coefficient (Wildman–Crippen LogP) is 3.30.